The number of rotatable bonds is 6. The molecule has 0 heterocycles. The van der Waals surface area contributed by atoms with Gasteiger partial charge in [-0.25, -0.2) is 0 Å². The Morgan fingerprint density at radius 1 is 1.10 bits per heavy atom. The molecule has 21 heavy (non-hydrogen) atoms. The molecule has 0 aliphatic rings. The molecule has 0 fully saturated rings. The van der Waals surface area contributed by atoms with Gasteiger partial charge < -0.3 is 4.90 Å². The third kappa shape index (κ3) is 4.13. The number of hydrogen-bond acceptors (Lipinski definition) is 3. The van der Waals surface area contributed by atoms with E-state index >= 15 is 0 Å². The van der Waals surface area contributed by atoms with E-state index in [0.717, 1.165) is 30.5 Å². The molecular formula is C17H20N2O2. The topological polar surface area (TPSA) is 46.4 Å². The molecule has 0 unspecified atom stereocenters. The van der Waals surface area contributed by atoms with E-state index < -0.39 is 0 Å². The average Bonchev–Trinajstić information content (AvgIpc) is 2.47. The molecule has 0 aromatic heterocycles. The van der Waals surface area contributed by atoms with Crippen LogP contribution in [0.2, 0.25) is 0 Å². The maximum atomic E-state index is 10.9. The van der Waals surface area contributed by atoms with Crippen LogP contribution in [-0.4, -0.2) is 30.5 Å². The highest BCUT2D eigenvalue weighted by molar-refractivity contribution is 5.69. The minimum absolute atomic E-state index is 0.135. The lowest BCUT2D eigenvalue weighted by molar-refractivity contribution is -0.384. The maximum Gasteiger partial charge on any atom is 0.270 e. The van der Waals surface area contributed by atoms with Gasteiger partial charge in [-0.2, -0.15) is 0 Å². The quantitative estimate of drug-likeness (QED) is 0.599. The number of benzene rings is 2. The molecule has 0 saturated carbocycles. The Balaban J connectivity index is 2.27. The molecule has 0 aliphatic carbocycles. The fourth-order valence-electron chi connectivity index (χ4n) is 2.39. The monoisotopic (exact) mass is 284 g/mol. The van der Waals surface area contributed by atoms with Crippen molar-refractivity contribution in [1.29, 1.82) is 0 Å². The van der Waals surface area contributed by atoms with E-state index in [1.807, 2.05) is 24.3 Å². The fraction of sp³-hybridized carbons (Fsp3) is 0.294. The molecule has 0 bridgehead atoms. The maximum absolute atomic E-state index is 10.9. The van der Waals surface area contributed by atoms with Crippen molar-refractivity contribution in [2.24, 2.45) is 0 Å². The van der Waals surface area contributed by atoms with Gasteiger partial charge >= 0.3 is 0 Å². The van der Waals surface area contributed by atoms with Gasteiger partial charge in [0.15, 0.2) is 0 Å². The molecule has 0 atom stereocenters. The first kappa shape index (κ1) is 15.2. The second-order valence-electron chi connectivity index (χ2n) is 5.37. The lowest BCUT2D eigenvalue weighted by Crippen LogP contribution is -2.13. The molecular weight excluding hydrogens is 264 g/mol. The van der Waals surface area contributed by atoms with Crippen LogP contribution in [0.3, 0.4) is 0 Å². The molecule has 2 aromatic rings. The molecule has 0 N–H and O–H groups in total. The molecule has 0 aliphatic heterocycles. The Morgan fingerprint density at radius 3 is 2.57 bits per heavy atom. The number of hydrogen-bond donors (Lipinski definition) is 0. The minimum atomic E-state index is -0.349. The summed E-state index contributed by atoms with van der Waals surface area (Å²) in [5.74, 6) is 0. The molecule has 4 heteroatoms. The largest absolute Gasteiger partial charge is 0.309 e. The lowest BCUT2D eigenvalue weighted by Gasteiger charge is -2.12. The number of nitro groups is 1. The van der Waals surface area contributed by atoms with Crippen LogP contribution in [0.1, 0.15) is 12.0 Å². The van der Waals surface area contributed by atoms with Gasteiger partial charge in [0.25, 0.3) is 5.69 Å². The molecule has 0 amide bonds. The Hall–Kier alpha value is -2.20. The van der Waals surface area contributed by atoms with Crippen molar-refractivity contribution in [3.05, 3.63) is 64.2 Å². The number of aryl methyl sites for hydroxylation is 1. The SMILES string of the molecule is CN(C)CCCc1ccccc1-c1cccc([N+](=O)[O-])c1. The zero-order chi connectivity index (χ0) is 15.2. The molecule has 110 valence electrons. The van der Waals surface area contributed by atoms with E-state index in [2.05, 4.69) is 25.1 Å². The summed E-state index contributed by atoms with van der Waals surface area (Å²) in [4.78, 5) is 12.7. The van der Waals surface area contributed by atoms with Gasteiger partial charge in [-0.3, -0.25) is 10.1 Å². The highest BCUT2D eigenvalue weighted by Crippen LogP contribution is 2.27. The van der Waals surface area contributed by atoms with Crippen molar-refractivity contribution in [1.82, 2.24) is 4.90 Å². The van der Waals surface area contributed by atoms with Crippen LogP contribution in [0.25, 0.3) is 11.1 Å². The van der Waals surface area contributed by atoms with E-state index in [9.17, 15) is 10.1 Å². The molecule has 0 saturated heterocycles. The highest BCUT2D eigenvalue weighted by Gasteiger charge is 2.09. The summed E-state index contributed by atoms with van der Waals surface area (Å²) in [6.45, 7) is 1.03. The molecule has 4 nitrogen and oxygen atoms in total. The van der Waals surface area contributed by atoms with Crippen molar-refractivity contribution in [3.63, 3.8) is 0 Å². The smallest absolute Gasteiger partial charge is 0.270 e. The predicted octanol–water partition coefficient (Wildman–Crippen LogP) is 3.76. The first-order chi connectivity index (χ1) is 10.1. The molecule has 2 aromatic carbocycles. The van der Waals surface area contributed by atoms with Gasteiger partial charge in [-0.1, -0.05) is 36.4 Å². The molecule has 0 radical (unpaired) electrons. The third-order valence-corrected chi connectivity index (χ3v) is 3.44. The van der Waals surface area contributed by atoms with Crippen molar-refractivity contribution < 1.29 is 4.92 Å². The minimum Gasteiger partial charge on any atom is -0.309 e. The van der Waals surface area contributed by atoms with Crippen LogP contribution in [0.15, 0.2) is 48.5 Å². The van der Waals surface area contributed by atoms with E-state index in [-0.39, 0.29) is 10.6 Å². The van der Waals surface area contributed by atoms with E-state index in [0.29, 0.717) is 0 Å². The van der Waals surface area contributed by atoms with Crippen LogP contribution >= 0.6 is 0 Å². The number of nitro benzene ring substituents is 1. The summed E-state index contributed by atoms with van der Waals surface area (Å²) in [5, 5.41) is 10.9. The van der Waals surface area contributed by atoms with Crippen molar-refractivity contribution in [2.75, 3.05) is 20.6 Å². The van der Waals surface area contributed by atoms with E-state index in [1.165, 1.54) is 11.6 Å². The zero-order valence-electron chi connectivity index (χ0n) is 12.5. The summed E-state index contributed by atoms with van der Waals surface area (Å²) in [7, 11) is 4.12. The fourth-order valence-corrected chi connectivity index (χ4v) is 2.39. The highest BCUT2D eigenvalue weighted by atomic mass is 16.6. The van der Waals surface area contributed by atoms with Crippen LogP contribution in [-0.2, 0) is 6.42 Å². The normalized spacial score (nSPS) is 10.8. The van der Waals surface area contributed by atoms with Gasteiger partial charge in [0.1, 0.15) is 0 Å². The van der Waals surface area contributed by atoms with Crippen LogP contribution < -0.4 is 0 Å². The molecule has 2 rings (SSSR count). The second-order valence-corrected chi connectivity index (χ2v) is 5.37. The molecule has 0 spiro atoms. The van der Waals surface area contributed by atoms with Crippen molar-refractivity contribution in [3.8, 4) is 11.1 Å². The van der Waals surface area contributed by atoms with Crippen molar-refractivity contribution >= 4 is 5.69 Å². The first-order valence-electron chi connectivity index (χ1n) is 7.05. The second kappa shape index (κ2) is 6.99. The van der Waals surface area contributed by atoms with Gasteiger partial charge in [0.2, 0.25) is 0 Å². The van der Waals surface area contributed by atoms with Crippen LogP contribution in [0.5, 0.6) is 0 Å². The average molecular weight is 284 g/mol. The predicted molar refractivity (Wildman–Crippen MR) is 85.4 cm³/mol. The summed E-state index contributed by atoms with van der Waals surface area (Å²) >= 11 is 0. The van der Waals surface area contributed by atoms with Gasteiger partial charge in [0, 0.05) is 12.1 Å². The number of non-ortho nitro benzene ring substituents is 1. The summed E-state index contributed by atoms with van der Waals surface area (Å²) in [6, 6.07) is 15.0. The third-order valence-electron chi connectivity index (χ3n) is 3.44. The first-order valence-corrected chi connectivity index (χ1v) is 7.05. The Kier molecular flexibility index (Phi) is 5.06. The van der Waals surface area contributed by atoms with Crippen LogP contribution in [0, 0.1) is 10.1 Å². The summed E-state index contributed by atoms with van der Waals surface area (Å²) in [5.41, 5.74) is 3.36. The van der Waals surface area contributed by atoms with E-state index in [4.69, 9.17) is 0 Å². The Labute approximate surface area is 125 Å². The zero-order valence-corrected chi connectivity index (χ0v) is 12.5. The standard InChI is InChI=1S/C17H20N2O2/c1-18(2)12-6-9-14-7-3-4-11-17(14)15-8-5-10-16(13-15)19(20)21/h3-5,7-8,10-11,13H,6,9,12H2,1-2H3. The summed E-state index contributed by atoms with van der Waals surface area (Å²) in [6.07, 6.45) is 2.04. The number of nitrogens with zero attached hydrogens (tertiary/aromatic N) is 2. The van der Waals surface area contributed by atoms with Crippen molar-refractivity contribution in [2.45, 2.75) is 12.8 Å². The Morgan fingerprint density at radius 2 is 1.86 bits per heavy atom. The van der Waals surface area contributed by atoms with Gasteiger partial charge in [0.05, 0.1) is 4.92 Å². The van der Waals surface area contributed by atoms with E-state index in [1.54, 1.807) is 12.1 Å². The van der Waals surface area contributed by atoms with Crippen LogP contribution in [0.4, 0.5) is 5.69 Å². The van der Waals surface area contributed by atoms with Gasteiger partial charge in [-0.05, 0) is 50.2 Å². The Bertz CT molecular complexity index is 624. The summed E-state index contributed by atoms with van der Waals surface area (Å²) < 4.78 is 0. The van der Waals surface area contributed by atoms with Gasteiger partial charge in [-0.15, -0.1) is 0 Å². The lowest BCUT2D eigenvalue weighted by atomic mass is 9.96.